The Labute approximate surface area is 131 Å². The van der Waals surface area contributed by atoms with Gasteiger partial charge in [0.05, 0.1) is 12.0 Å². The summed E-state index contributed by atoms with van der Waals surface area (Å²) in [5, 5.41) is 2.91. The number of carbonyl (C=O) groups excluding carboxylic acids is 3. The first-order chi connectivity index (χ1) is 10.1. The molecule has 0 saturated carbocycles. The predicted molar refractivity (Wildman–Crippen MR) is 83.1 cm³/mol. The Morgan fingerprint density at radius 1 is 1.52 bits per heavy atom. The molecule has 0 aromatic rings. The molecule has 21 heavy (non-hydrogen) atoms. The Bertz CT molecular complexity index is 397. The molecule has 2 unspecified atom stereocenters. The normalized spacial score (nSPS) is 28.7. The number of halogens is 1. The molecule has 1 heterocycles. The van der Waals surface area contributed by atoms with Crippen molar-refractivity contribution in [2.75, 3.05) is 5.88 Å². The zero-order valence-electron chi connectivity index (χ0n) is 12.5. The summed E-state index contributed by atoms with van der Waals surface area (Å²) < 4.78 is 0. The van der Waals surface area contributed by atoms with Gasteiger partial charge in [0.15, 0.2) is 0 Å². The molecule has 4 nitrogen and oxygen atoms in total. The van der Waals surface area contributed by atoms with Crippen LogP contribution in [0.5, 0.6) is 0 Å². The van der Waals surface area contributed by atoms with Crippen LogP contribution in [0.25, 0.3) is 0 Å². The quantitative estimate of drug-likeness (QED) is 0.465. The lowest BCUT2D eigenvalue weighted by Crippen LogP contribution is -2.63. The van der Waals surface area contributed by atoms with Crippen LogP contribution in [0.15, 0.2) is 12.2 Å². The lowest BCUT2D eigenvalue weighted by atomic mass is 9.73. The molecule has 2 rings (SSSR count). The van der Waals surface area contributed by atoms with E-state index in [4.69, 9.17) is 16.4 Å². The third-order valence-electron chi connectivity index (χ3n) is 4.37. The van der Waals surface area contributed by atoms with E-state index < -0.39 is 0 Å². The standard InChI is InChI=1S/C15H22ClNO2.CH2O/c1-10(18)12(7-8-16)14-13(15(19)17-14)9-11-5-3-2-4-6-11;1-2/h3,5,11-14H,2,4,6-9H2,1H3,(H,17,19);1H2/t11-,12?,13?,14+;/m1./s1. The molecule has 0 radical (unpaired) electrons. The van der Waals surface area contributed by atoms with Crippen molar-refractivity contribution in [1.82, 2.24) is 5.32 Å². The van der Waals surface area contributed by atoms with Gasteiger partial charge in [0, 0.05) is 11.8 Å². The highest BCUT2D eigenvalue weighted by atomic mass is 35.5. The number of allylic oxidation sites excluding steroid dienone is 2. The monoisotopic (exact) mass is 313 g/mol. The smallest absolute Gasteiger partial charge is 0.225 e. The number of β-lactam (4-membered cyclic amide) rings is 1. The molecule has 1 aliphatic carbocycles. The summed E-state index contributed by atoms with van der Waals surface area (Å²) in [5.41, 5.74) is 0. The molecule has 0 aromatic heterocycles. The second-order valence-electron chi connectivity index (χ2n) is 5.69. The summed E-state index contributed by atoms with van der Waals surface area (Å²) in [7, 11) is 0. The fraction of sp³-hybridized carbons (Fsp3) is 0.688. The number of Topliss-reactive ketones (excluding diaryl/α,β-unsaturated/α-hetero) is 1. The van der Waals surface area contributed by atoms with Gasteiger partial charge in [-0.25, -0.2) is 0 Å². The van der Waals surface area contributed by atoms with Gasteiger partial charge >= 0.3 is 0 Å². The second-order valence-corrected chi connectivity index (χ2v) is 6.07. The lowest BCUT2D eigenvalue weighted by Gasteiger charge is -2.42. The van der Waals surface area contributed by atoms with Gasteiger partial charge in [-0.3, -0.25) is 9.59 Å². The Hall–Kier alpha value is -1.16. The first-order valence-corrected chi connectivity index (χ1v) is 7.99. The molecular formula is C16H24ClNO3. The topological polar surface area (TPSA) is 63.2 Å². The van der Waals surface area contributed by atoms with Gasteiger partial charge in [0.2, 0.25) is 5.91 Å². The van der Waals surface area contributed by atoms with Gasteiger partial charge in [0.1, 0.15) is 12.6 Å². The SMILES string of the molecule is C=O.CC(=O)C(CCCl)[C@@H]1NC(=O)C1C[C@@H]1C=CCCC1. The van der Waals surface area contributed by atoms with Gasteiger partial charge in [0.25, 0.3) is 0 Å². The zero-order chi connectivity index (χ0) is 15.8. The van der Waals surface area contributed by atoms with Crippen LogP contribution < -0.4 is 5.32 Å². The maximum absolute atomic E-state index is 11.8. The minimum Gasteiger partial charge on any atom is -0.352 e. The Morgan fingerprint density at radius 2 is 2.24 bits per heavy atom. The minimum absolute atomic E-state index is 0.000855. The molecular weight excluding hydrogens is 290 g/mol. The van der Waals surface area contributed by atoms with E-state index in [1.165, 1.54) is 6.42 Å². The zero-order valence-corrected chi connectivity index (χ0v) is 13.3. The minimum atomic E-state index is -0.118. The van der Waals surface area contributed by atoms with Gasteiger partial charge in [-0.1, -0.05) is 12.2 Å². The van der Waals surface area contributed by atoms with E-state index in [-0.39, 0.29) is 29.6 Å². The Balaban J connectivity index is 0.00000106. The summed E-state index contributed by atoms with van der Waals surface area (Å²) >= 11 is 5.77. The Morgan fingerprint density at radius 3 is 2.71 bits per heavy atom. The van der Waals surface area contributed by atoms with Crippen molar-refractivity contribution in [3.8, 4) is 0 Å². The summed E-state index contributed by atoms with van der Waals surface area (Å²) in [6.45, 7) is 3.60. The number of carbonyl (C=O) groups is 3. The number of alkyl halides is 1. The van der Waals surface area contributed by atoms with E-state index in [9.17, 15) is 9.59 Å². The largest absolute Gasteiger partial charge is 0.352 e. The maximum atomic E-state index is 11.8. The molecule has 0 aromatic carbocycles. The fourth-order valence-corrected chi connectivity index (χ4v) is 3.47. The summed E-state index contributed by atoms with van der Waals surface area (Å²) in [6, 6.07) is -0.000855. The van der Waals surface area contributed by atoms with E-state index in [0.29, 0.717) is 18.2 Å². The highest BCUT2D eigenvalue weighted by Gasteiger charge is 2.45. The van der Waals surface area contributed by atoms with Gasteiger partial charge < -0.3 is 10.1 Å². The molecule has 5 heteroatoms. The van der Waals surface area contributed by atoms with Crippen LogP contribution in [-0.2, 0) is 14.4 Å². The first kappa shape index (κ1) is 17.9. The molecule has 1 N–H and O–H groups in total. The molecule has 1 amide bonds. The molecule has 0 spiro atoms. The maximum Gasteiger partial charge on any atom is 0.225 e. The van der Waals surface area contributed by atoms with Crippen LogP contribution in [0, 0.1) is 17.8 Å². The number of amides is 1. The molecule has 118 valence electrons. The van der Waals surface area contributed by atoms with Gasteiger partial charge in [-0.2, -0.15) is 0 Å². The number of hydrogen-bond donors (Lipinski definition) is 1. The van der Waals surface area contributed by atoms with Gasteiger partial charge in [-0.05, 0) is 44.9 Å². The average molecular weight is 314 g/mol. The number of rotatable bonds is 6. The van der Waals surface area contributed by atoms with Crippen LogP contribution in [0.2, 0.25) is 0 Å². The highest BCUT2D eigenvalue weighted by molar-refractivity contribution is 6.18. The van der Waals surface area contributed by atoms with Crippen molar-refractivity contribution in [1.29, 1.82) is 0 Å². The molecule has 1 fully saturated rings. The molecule has 0 bridgehead atoms. The van der Waals surface area contributed by atoms with E-state index in [1.54, 1.807) is 6.92 Å². The van der Waals surface area contributed by atoms with E-state index in [2.05, 4.69) is 17.5 Å². The average Bonchev–Trinajstić information content (AvgIpc) is 2.51. The first-order valence-electron chi connectivity index (χ1n) is 7.45. The highest BCUT2D eigenvalue weighted by Crippen LogP contribution is 2.33. The summed E-state index contributed by atoms with van der Waals surface area (Å²) in [5.74, 6) is 1.07. The van der Waals surface area contributed by atoms with E-state index in [1.807, 2.05) is 6.79 Å². The van der Waals surface area contributed by atoms with E-state index in [0.717, 1.165) is 19.3 Å². The van der Waals surface area contributed by atoms with Crippen LogP contribution >= 0.6 is 11.6 Å². The third-order valence-corrected chi connectivity index (χ3v) is 4.58. The van der Waals surface area contributed by atoms with E-state index >= 15 is 0 Å². The van der Waals surface area contributed by atoms with Crippen LogP contribution in [0.4, 0.5) is 0 Å². The lowest BCUT2D eigenvalue weighted by molar-refractivity contribution is -0.140. The molecule has 1 saturated heterocycles. The number of hydrogen-bond acceptors (Lipinski definition) is 3. The molecule has 4 atom stereocenters. The second kappa shape index (κ2) is 8.98. The van der Waals surface area contributed by atoms with Crippen molar-refractivity contribution in [2.45, 2.75) is 45.1 Å². The summed E-state index contributed by atoms with van der Waals surface area (Å²) in [6.07, 6.45) is 9.49. The number of ketones is 1. The van der Waals surface area contributed by atoms with Crippen molar-refractivity contribution in [3.05, 3.63) is 12.2 Å². The van der Waals surface area contributed by atoms with Gasteiger partial charge in [-0.15, -0.1) is 11.6 Å². The van der Waals surface area contributed by atoms with Crippen molar-refractivity contribution in [3.63, 3.8) is 0 Å². The molecule has 2 aliphatic rings. The predicted octanol–water partition coefficient (Wildman–Crippen LogP) is 2.50. The van der Waals surface area contributed by atoms with Crippen molar-refractivity contribution < 1.29 is 14.4 Å². The van der Waals surface area contributed by atoms with Crippen LogP contribution in [0.3, 0.4) is 0 Å². The third kappa shape index (κ3) is 4.67. The number of nitrogens with one attached hydrogen (secondary N) is 1. The fourth-order valence-electron chi connectivity index (χ4n) is 3.23. The summed E-state index contributed by atoms with van der Waals surface area (Å²) in [4.78, 5) is 31.5. The van der Waals surface area contributed by atoms with Crippen LogP contribution in [-0.4, -0.2) is 30.4 Å². The van der Waals surface area contributed by atoms with Crippen molar-refractivity contribution >= 4 is 30.1 Å². The Kier molecular flexibility index (Phi) is 7.65. The van der Waals surface area contributed by atoms with Crippen molar-refractivity contribution in [2.24, 2.45) is 17.8 Å². The van der Waals surface area contributed by atoms with Crippen LogP contribution in [0.1, 0.15) is 39.0 Å². The molecule has 1 aliphatic heterocycles.